The molecule has 0 atom stereocenters. The number of benzene rings is 2. The highest BCUT2D eigenvalue weighted by Crippen LogP contribution is 2.34. The zero-order valence-corrected chi connectivity index (χ0v) is 16.7. The predicted molar refractivity (Wildman–Crippen MR) is 106 cm³/mol. The monoisotopic (exact) mass is 419 g/mol. The second kappa shape index (κ2) is 7.53. The first-order valence-electron chi connectivity index (χ1n) is 9.15. The van der Waals surface area contributed by atoms with Gasteiger partial charge in [-0.2, -0.15) is 0 Å². The van der Waals surface area contributed by atoms with Crippen LogP contribution in [-0.4, -0.2) is 57.5 Å². The summed E-state index contributed by atoms with van der Waals surface area (Å²) in [4.78, 5) is 15.1. The highest BCUT2D eigenvalue weighted by atomic mass is 32.2. The van der Waals surface area contributed by atoms with Crippen molar-refractivity contribution in [1.82, 2.24) is 4.90 Å². The van der Waals surface area contributed by atoms with Crippen molar-refractivity contribution in [3.63, 3.8) is 0 Å². The van der Waals surface area contributed by atoms with Crippen molar-refractivity contribution >= 4 is 21.2 Å². The van der Waals surface area contributed by atoms with Gasteiger partial charge in [0.2, 0.25) is 6.79 Å². The van der Waals surface area contributed by atoms with Gasteiger partial charge in [0.05, 0.1) is 9.82 Å². The van der Waals surface area contributed by atoms with Crippen molar-refractivity contribution in [3.05, 3.63) is 52.1 Å². The average Bonchev–Trinajstić information content (AvgIpc) is 3.15. The van der Waals surface area contributed by atoms with E-state index in [2.05, 4.69) is 4.90 Å². The minimum absolute atomic E-state index is 0.0469. The molecular formula is C19H21N3O6S. The Morgan fingerprint density at radius 1 is 1.03 bits per heavy atom. The highest BCUT2D eigenvalue weighted by Gasteiger charge is 2.26. The number of rotatable bonds is 5. The number of fused-ring (bicyclic) bond motifs is 1. The number of nitro groups is 1. The SMILES string of the molecule is CS(=O)(=O)c1ccc(N2CCN(Cc3ccc4c(c3)OCO4)CC2)c([N+](=O)[O-])c1. The molecule has 2 aromatic rings. The standard InChI is InChI=1S/C19H21N3O6S/c1-29(25,26)15-3-4-16(17(11-15)22(23)24)21-8-6-20(7-9-21)12-14-2-5-18-19(10-14)28-13-27-18/h2-5,10-11H,6-9,12-13H2,1H3. The molecule has 0 radical (unpaired) electrons. The number of nitrogens with zero attached hydrogens (tertiary/aromatic N) is 3. The van der Waals surface area contributed by atoms with Gasteiger partial charge in [0.25, 0.3) is 5.69 Å². The van der Waals surface area contributed by atoms with Crippen LogP contribution in [0.2, 0.25) is 0 Å². The van der Waals surface area contributed by atoms with Crippen molar-refractivity contribution in [2.45, 2.75) is 11.4 Å². The van der Waals surface area contributed by atoms with Crippen molar-refractivity contribution in [1.29, 1.82) is 0 Å². The molecule has 0 amide bonds. The van der Waals surface area contributed by atoms with Crippen LogP contribution in [0.4, 0.5) is 11.4 Å². The lowest BCUT2D eigenvalue weighted by molar-refractivity contribution is -0.384. The molecule has 9 nitrogen and oxygen atoms in total. The van der Waals surface area contributed by atoms with Crippen LogP contribution in [0.3, 0.4) is 0 Å². The molecule has 0 aliphatic carbocycles. The second-order valence-corrected chi connectivity index (χ2v) is 9.15. The van der Waals surface area contributed by atoms with Crippen LogP contribution >= 0.6 is 0 Å². The van der Waals surface area contributed by atoms with E-state index in [1.54, 1.807) is 0 Å². The summed E-state index contributed by atoms with van der Waals surface area (Å²) in [6.45, 7) is 3.69. The number of piperazine rings is 1. The number of ether oxygens (including phenoxy) is 2. The second-order valence-electron chi connectivity index (χ2n) is 7.13. The van der Waals surface area contributed by atoms with Gasteiger partial charge in [0.15, 0.2) is 21.3 Å². The Hall–Kier alpha value is -2.85. The van der Waals surface area contributed by atoms with Crippen molar-refractivity contribution in [2.75, 3.05) is 44.1 Å². The van der Waals surface area contributed by atoms with Crippen LogP contribution < -0.4 is 14.4 Å². The maximum Gasteiger partial charge on any atom is 0.293 e. The van der Waals surface area contributed by atoms with Crippen LogP contribution in [-0.2, 0) is 16.4 Å². The van der Waals surface area contributed by atoms with E-state index in [9.17, 15) is 18.5 Å². The predicted octanol–water partition coefficient (Wildman–Crippen LogP) is 2.05. The number of nitro benzene ring substituents is 1. The van der Waals surface area contributed by atoms with Gasteiger partial charge >= 0.3 is 0 Å². The molecule has 2 aliphatic heterocycles. The first-order chi connectivity index (χ1) is 13.8. The van der Waals surface area contributed by atoms with E-state index < -0.39 is 14.8 Å². The maximum atomic E-state index is 11.7. The van der Waals surface area contributed by atoms with Gasteiger partial charge in [0, 0.05) is 45.0 Å². The molecule has 2 heterocycles. The van der Waals surface area contributed by atoms with Crippen molar-refractivity contribution in [2.24, 2.45) is 0 Å². The molecule has 0 saturated carbocycles. The molecule has 0 aromatic heterocycles. The summed E-state index contributed by atoms with van der Waals surface area (Å²) in [5, 5.41) is 11.5. The van der Waals surface area contributed by atoms with Crippen LogP contribution in [0.1, 0.15) is 5.56 Å². The highest BCUT2D eigenvalue weighted by molar-refractivity contribution is 7.90. The molecule has 29 heavy (non-hydrogen) atoms. The summed E-state index contributed by atoms with van der Waals surface area (Å²) in [6.07, 6.45) is 1.04. The minimum atomic E-state index is -3.50. The van der Waals surface area contributed by atoms with E-state index in [1.165, 1.54) is 12.1 Å². The first-order valence-corrected chi connectivity index (χ1v) is 11.0. The number of hydrogen-bond acceptors (Lipinski definition) is 8. The molecule has 0 spiro atoms. The Kier molecular flexibility index (Phi) is 5.05. The summed E-state index contributed by atoms with van der Waals surface area (Å²) >= 11 is 0. The topological polar surface area (TPSA) is 102 Å². The van der Waals surface area contributed by atoms with E-state index in [4.69, 9.17) is 9.47 Å². The van der Waals surface area contributed by atoms with E-state index in [0.717, 1.165) is 49.0 Å². The van der Waals surface area contributed by atoms with Crippen LogP contribution in [0.25, 0.3) is 0 Å². The minimum Gasteiger partial charge on any atom is -0.454 e. The van der Waals surface area contributed by atoms with Crippen molar-refractivity contribution < 1.29 is 22.8 Å². The molecule has 10 heteroatoms. The zero-order chi connectivity index (χ0) is 20.6. The first kappa shape index (κ1) is 19.5. The smallest absolute Gasteiger partial charge is 0.293 e. The Bertz CT molecular complexity index is 1050. The van der Waals surface area contributed by atoms with Gasteiger partial charge in [-0.25, -0.2) is 8.42 Å². The lowest BCUT2D eigenvalue weighted by Crippen LogP contribution is -2.46. The largest absolute Gasteiger partial charge is 0.454 e. The molecule has 1 saturated heterocycles. The van der Waals surface area contributed by atoms with Gasteiger partial charge in [-0.3, -0.25) is 15.0 Å². The fourth-order valence-electron chi connectivity index (χ4n) is 3.59. The lowest BCUT2D eigenvalue weighted by Gasteiger charge is -2.35. The third kappa shape index (κ3) is 4.13. The Labute approximate surface area is 168 Å². The normalized spacial score (nSPS) is 16.8. The molecule has 154 valence electrons. The Morgan fingerprint density at radius 2 is 1.76 bits per heavy atom. The van der Waals surface area contributed by atoms with Crippen LogP contribution in [0, 0.1) is 10.1 Å². The molecule has 1 fully saturated rings. The van der Waals surface area contributed by atoms with Crippen LogP contribution in [0.15, 0.2) is 41.3 Å². The summed E-state index contributed by atoms with van der Waals surface area (Å²) in [6, 6.07) is 9.99. The fraction of sp³-hybridized carbons (Fsp3) is 0.368. The molecular weight excluding hydrogens is 398 g/mol. The Morgan fingerprint density at radius 3 is 2.45 bits per heavy atom. The van der Waals surface area contributed by atoms with E-state index in [-0.39, 0.29) is 17.4 Å². The summed E-state index contributed by atoms with van der Waals surface area (Å²) < 4.78 is 34.2. The van der Waals surface area contributed by atoms with Gasteiger partial charge in [0.1, 0.15) is 5.69 Å². The summed E-state index contributed by atoms with van der Waals surface area (Å²) in [7, 11) is -3.50. The molecule has 0 unspecified atom stereocenters. The lowest BCUT2D eigenvalue weighted by atomic mass is 10.1. The van der Waals surface area contributed by atoms with Crippen LogP contribution in [0.5, 0.6) is 11.5 Å². The third-order valence-electron chi connectivity index (χ3n) is 5.13. The van der Waals surface area contributed by atoms with Gasteiger partial charge in [-0.05, 0) is 29.8 Å². The quantitative estimate of drug-likeness (QED) is 0.536. The summed E-state index contributed by atoms with van der Waals surface area (Å²) in [5.41, 5.74) is 1.38. The summed E-state index contributed by atoms with van der Waals surface area (Å²) in [5.74, 6) is 1.51. The molecule has 2 aromatic carbocycles. The van der Waals surface area contributed by atoms with E-state index in [1.807, 2.05) is 23.1 Å². The number of sulfone groups is 1. The number of hydrogen-bond donors (Lipinski definition) is 0. The molecule has 0 bridgehead atoms. The number of anilines is 1. The molecule has 0 N–H and O–H groups in total. The van der Waals surface area contributed by atoms with Crippen molar-refractivity contribution in [3.8, 4) is 11.5 Å². The van der Waals surface area contributed by atoms with E-state index in [0.29, 0.717) is 18.8 Å². The maximum absolute atomic E-state index is 11.7. The van der Waals surface area contributed by atoms with Gasteiger partial charge < -0.3 is 14.4 Å². The van der Waals surface area contributed by atoms with Gasteiger partial charge in [-0.15, -0.1) is 0 Å². The average molecular weight is 419 g/mol. The third-order valence-corrected chi connectivity index (χ3v) is 6.24. The molecule has 4 rings (SSSR count). The molecule has 2 aliphatic rings. The zero-order valence-electron chi connectivity index (χ0n) is 15.9. The fourth-order valence-corrected chi connectivity index (χ4v) is 4.23. The van der Waals surface area contributed by atoms with E-state index >= 15 is 0 Å². The van der Waals surface area contributed by atoms with Gasteiger partial charge in [-0.1, -0.05) is 6.07 Å². The Balaban J connectivity index is 1.45.